The molecule has 1 fully saturated rings. The van der Waals surface area contributed by atoms with Crippen LogP contribution in [0.3, 0.4) is 0 Å². The molecule has 6 nitrogen and oxygen atoms in total. The highest BCUT2D eigenvalue weighted by Crippen LogP contribution is 2.40. The fourth-order valence-electron chi connectivity index (χ4n) is 3.83. The van der Waals surface area contributed by atoms with Crippen molar-refractivity contribution in [2.75, 3.05) is 19.1 Å². The van der Waals surface area contributed by atoms with Gasteiger partial charge in [0.2, 0.25) is 5.91 Å². The zero-order chi connectivity index (χ0) is 23.3. The van der Waals surface area contributed by atoms with Gasteiger partial charge in [-0.05, 0) is 36.4 Å². The van der Waals surface area contributed by atoms with Crippen molar-refractivity contribution >= 4 is 28.8 Å². The smallest absolute Gasteiger partial charge is 0.471 e. The van der Waals surface area contributed by atoms with Gasteiger partial charge in [-0.1, -0.05) is 25.3 Å². The largest absolute Gasteiger partial charge is 0.497 e. The van der Waals surface area contributed by atoms with E-state index in [1.807, 2.05) is 0 Å². The van der Waals surface area contributed by atoms with Crippen LogP contribution in [0.1, 0.15) is 43.0 Å². The van der Waals surface area contributed by atoms with Crippen molar-refractivity contribution in [1.29, 1.82) is 0 Å². The van der Waals surface area contributed by atoms with E-state index in [1.165, 1.54) is 32.4 Å². The molecule has 10 heteroatoms. The van der Waals surface area contributed by atoms with Gasteiger partial charge < -0.3 is 14.8 Å². The van der Waals surface area contributed by atoms with E-state index >= 15 is 0 Å². The highest BCUT2D eigenvalue weighted by molar-refractivity contribution is 7.10. The summed E-state index contributed by atoms with van der Waals surface area (Å²) in [6.45, 7) is 0. The third-order valence-corrected chi connectivity index (χ3v) is 6.30. The number of anilines is 1. The minimum absolute atomic E-state index is 0.0195. The number of benzene rings is 1. The number of thiophene rings is 1. The van der Waals surface area contributed by atoms with Crippen molar-refractivity contribution in [3.8, 4) is 11.5 Å². The number of carbonyl (C=O) groups is 2. The summed E-state index contributed by atoms with van der Waals surface area (Å²) in [7, 11) is 2.68. The number of rotatable bonds is 7. The highest BCUT2D eigenvalue weighted by Gasteiger charge is 2.48. The van der Waals surface area contributed by atoms with Crippen LogP contribution in [-0.4, -0.2) is 38.3 Å². The predicted molar refractivity (Wildman–Crippen MR) is 115 cm³/mol. The van der Waals surface area contributed by atoms with Gasteiger partial charge in [0.05, 0.1) is 19.9 Å². The molecule has 0 unspecified atom stereocenters. The van der Waals surface area contributed by atoms with Gasteiger partial charge in [-0.3, -0.25) is 14.5 Å². The molecule has 3 rings (SSSR count). The lowest BCUT2D eigenvalue weighted by Crippen LogP contribution is -2.50. The number of carbonyl (C=O) groups excluding carboxylic acids is 2. The lowest BCUT2D eigenvalue weighted by atomic mass is 9.95. The van der Waals surface area contributed by atoms with Gasteiger partial charge in [0.25, 0.3) is 0 Å². The first-order valence-electron chi connectivity index (χ1n) is 10.2. The molecule has 1 aromatic carbocycles. The van der Waals surface area contributed by atoms with Crippen LogP contribution in [0.5, 0.6) is 11.5 Å². The van der Waals surface area contributed by atoms with Crippen molar-refractivity contribution in [1.82, 2.24) is 5.32 Å². The summed E-state index contributed by atoms with van der Waals surface area (Å²) < 4.78 is 51.5. The van der Waals surface area contributed by atoms with Gasteiger partial charge in [-0.15, -0.1) is 11.3 Å². The summed E-state index contributed by atoms with van der Waals surface area (Å²) in [6, 6.07) is 5.60. The van der Waals surface area contributed by atoms with Crippen LogP contribution in [0, 0.1) is 0 Å². The van der Waals surface area contributed by atoms with Crippen molar-refractivity contribution in [2.45, 2.75) is 50.4 Å². The van der Waals surface area contributed by atoms with Crippen LogP contribution in [0.25, 0.3) is 0 Å². The number of hydrogen-bond acceptors (Lipinski definition) is 5. The first-order chi connectivity index (χ1) is 15.3. The monoisotopic (exact) mass is 470 g/mol. The molecule has 174 valence electrons. The number of hydrogen-bond donors (Lipinski definition) is 1. The quantitative estimate of drug-likeness (QED) is 0.628. The number of halogens is 3. The molecule has 0 bridgehead atoms. The normalized spacial score (nSPS) is 15.7. The Morgan fingerprint density at radius 1 is 1.12 bits per heavy atom. The van der Waals surface area contributed by atoms with E-state index in [0.29, 0.717) is 15.5 Å². The Hall–Kier alpha value is -2.75. The van der Waals surface area contributed by atoms with Gasteiger partial charge >= 0.3 is 12.1 Å². The Kier molecular flexibility index (Phi) is 7.65. The maximum absolute atomic E-state index is 13.7. The summed E-state index contributed by atoms with van der Waals surface area (Å²) in [5.74, 6) is -2.49. The number of amides is 2. The zero-order valence-corrected chi connectivity index (χ0v) is 18.6. The first-order valence-corrected chi connectivity index (χ1v) is 11.1. The average Bonchev–Trinajstić information content (AvgIpc) is 3.30. The van der Waals surface area contributed by atoms with Gasteiger partial charge in [0.1, 0.15) is 11.5 Å². The SMILES string of the molecule is COc1ccc(N(C(=O)C(F)(F)F)[C@H](C(=O)NC2CCCCC2)c2cccs2)c(OC)c1. The second-order valence-electron chi connectivity index (χ2n) is 7.47. The molecule has 0 saturated heterocycles. The second kappa shape index (κ2) is 10.2. The Labute approximate surface area is 188 Å². The maximum Gasteiger partial charge on any atom is 0.471 e. The Morgan fingerprint density at radius 2 is 1.84 bits per heavy atom. The maximum atomic E-state index is 13.7. The van der Waals surface area contributed by atoms with E-state index < -0.39 is 24.0 Å². The van der Waals surface area contributed by atoms with Crippen LogP contribution < -0.4 is 19.7 Å². The molecule has 1 saturated carbocycles. The van der Waals surface area contributed by atoms with Crippen molar-refractivity contribution in [3.05, 3.63) is 40.6 Å². The highest BCUT2D eigenvalue weighted by atomic mass is 32.1. The fourth-order valence-corrected chi connectivity index (χ4v) is 4.65. The lowest BCUT2D eigenvalue weighted by molar-refractivity contribution is -0.171. The molecule has 1 N–H and O–H groups in total. The van der Waals surface area contributed by atoms with Gasteiger partial charge in [0.15, 0.2) is 6.04 Å². The molecule has 32 heavy (non-hydrogen) atoms. The molecule has 1 atom stereocenters. The molecule has 0 spiro atoms. The van der Waals surface area contributed by atoms with Gasteiger partial charge in [-0.2, -0.15) is 13.2 Å². The van der Waals surface area contributed by atoms with Crippen molar-refractivity contribution in [2.24, 2.45) is 0 Å². The van der Waals surface area contributed by atoms with Crippen LogP contribution >= 0.6 is 11.3 Å². The van der Waals surface area contributed by atoms with E-state index in [9.17, 15) is 22.8 Å². The summed E-state index contributed by atoms with van der Waals surface area (Å²) >= 11 is 1.11. The van der Waals surface area contributed by atoms with E-state index in [2.05, 4.69) is 5.32 Å². The van der Waals surface area contributed by atoms with E-state index in [-0.39, 0.29) is 17.5 Å². The zero-order valence-electron chi connectivity index (χ0n) is 17.8. The molecule has 2 amide bonds. The second-order valence-corrected chi connectivity index (χ2v) is 8.45. The molecule has 0 radical (unpaired) electrons. The third-order valence-electron chi connectivity index (χ3n) is 5.38. The third kappa shape index (κ3) is 5.35. The Balaban J connectivity index is 2.10. The summed E-state index contributed by atoms with van der Waals surface area (Å²) in [4.78, 5) is 26.8. The molecule has 1 aromatic heterocycles. The molecular formula is C22H25F3N2O4S. The Morgan fingerprint density at radius 3 is 2.41 bits per heavy atom. The molecule has 0 aliphatic heterocycles. The number of ether oxygens (including phenoxy) is 2. The summed E-state index contributed by atoms with van der Waals surface area (Å²) in [5, 5.41) is 4.52. The minimum atomic E-state index is -5.20. The molecule has 1 heterocycles. The first kappa shape index (κ1) is 23.9. The fraction of sp³-hybridized carbons (Fsp3) is 0.455. The van der Waals surface area contributed by atoms with Crippen molar-refractivity contribution < 1.29 is 32.2 Å². The van der Waals surface area contributed by atoms with E-state index in [0.717, 1.165) is 43.4 Å². The van der Waals surface area contributed by atoms with Crippen LogP contribution in [-0.2, 0) is 9.59 Å². The Bertz CT molecular complexity index is 928. The lowest BCUT2D eigenvalue weighted by Gasteiger charge is -2.33. The topological polar surface area (TPSA) is 67.9 Å². The number of nitrogens with one attached hydrogen (secondary N) is 1. The van der Waals surface area contributed by atoms with Crippen LogP contribution in [0.2, 0.25) is 0 Å². The summed E-state index contributed by atoms with van der Waals surface area (Å²) in [5.41, 5.74) is -0.173. The van der Waals surface area contributed by atoms with Gasteiger partial charge in [-0.25, -0.2) is 0 Å². The number of methoxy groups -OCH3 is 2. The summed E-state index contributed by atoms with van der Waals surface area (Å²) in [6.07, 6.45) is -0.768. The number of alkyl halides is 3. The average molecular weight is 471 g/mol. The standard InChI is InChI=1S/C22H25F3N2O4S/c1-30-15-10-11-16(17(13-15)31-2)27(21(29)22(23,24)25)19(18-9-6-12-32-18)20(28)26-14-7-4-3-5-8-14/h6,9-14,19H,3-5,7-8H2,1-2H3,(H,26,28)/t19-/m0/s1. The molecule has 1 aliphatic rings. The van der Waals surface area contributed by atoms with E-state index in [4.69, 9.17) is 9.47 Å². The predicted octanol–water partition coefficient (Wildman–Crippen LogP) is 4.85. The number of nitrogens with zero attached hydrogens (tertiary/aromatic N) is 1. The molecule has 2 aromatic rings. The molecular weight excluding hydrogens is 445 g/mol. The van der Waals surface area contributed by atoms with E-state index in [1.54, 1.807) is 17.5 Å². The van der Waals surface area contributed by atoms with Gasteiger partial charge in [0, 0.05) is 17.0 Å². The minimum Gasteiger partial charge on any atom is -0.497 e. The van der Waals surface area contributed by atoms with Crippen LogP contribution in [0.4, 0.5) is 18.9 Å². The molecule has 1 aliphatic carbocycles. The van der Waals surface area contributed by atoms with Crippen molar-refractivity contribution in [3.63, 3.8) is 0 Å². The van der Waals surface area contributed by atoms with Crippen LogP contribution in [0.15, 0.2) is 35.7 Å².